The van der Waals surface area contributed by atoms with E-state index in [4.69, 9.17) is 0 Å². The highest BCUT2D eigenvalue weighted by Crippen LogP contribution is 2.41. The third-order valence-electron chi connectivity index (χ3n) is 4.13. The molecule has 3 nitrogen and oxygen atoms in total. The first-order chi connectivity index (χ1) is 7.70. The number of aromatic nitrogens is 2. The topological polar surface area (TPSA) is 21.1 Å². The Kier molecular flexibility index (Phi) is 2.50. The summed E-state index contributed by atoms with van der Waals surface area (Å²) in [6.07, 6.45) is 4.20. The van der Waals surface area contributed by atoms with E-state index in [1.54, 1.807) is 0 Å². The second-order valence-corrected chi connectivity index (χ2v) is 5.69. The van der Waals surface area contributed by atoms with E-state index in [1.165, 1.54) is 37.2 Å². The smallest absolute Gasteiger partial charge is 0.131 e. The van der Waals surface area contributed by atoms with Crippen LogP contribution in [0.1, 0.15) is 30.5 Å². The Bertz CT molecular complexity index is 413. The number of halogens is 1. The minimum atomic E-state index is 0.776. The van der Waals surface area contributed by atoms with Gasteiger partial charge in [0.25, 0.3) is 0 Å². The molecule has 1 aromatic rings. The molecule has 0 N–H and O–H groups in total. The molecule has 1 aliphatic heterocycles. The van der Waals surface area contributed by atoms with Crippen molar-refractivity contribution in [2.24, 2.45) is 13.0 Å². The highest BCUT2D eigenvalue weighted by atomic mass is 79.9. The minimum absolute atomic E-state index is 0.776. The normalized spacial score (nSPS) is 28.1. The Morgan fingerprint density at radius 3 is 2.81 bits per heavy atom. The molecular weight excluding hydrogens is 266 g/mol. The van der Waals surface area contributed by atoms with Gasteiger partial charge in [0.1, 0.15) is 5.82 Å². The molecule has 1 saturated heterocycles. The zero-order valence-corrected chi connectivity index (χ0v) is 11.5. The maximum Gasteiger partial charge on any atom is 0.131 e. The van der Waals surface area contributed by atoms with Crippen LogP contribution >= 0.6 is 15.9 Å². The van der Waals surface area contributed by atoms with Crippen molar-refractivity contribution >= 4 is 21.7 Å². The first-order valence-corrected chi connectivity index (χ1v) is 7.18. The Hall–Kier alpha value is -0.510. The second kappa shape index (κ2) is 3.76. The van der Waals surface area contributed by atoms with Crippen molar-refractivity contribution in [3.63, 3.8) is 0 Å². The molecule has 2 heterocycles. The van der Waals surface area contributed by atoms with E-state index in [2.05, 4.69) is 44.6 Å². The SMILES string of the molecule is Cc1nn(C)c(N2CC3CCC2C3)c1CBr. The molecule has 16 heavy (non-hydrogen) atoms. The number of anilines is 1. The Balaban J connectivity index is 2.00. The van der Waals surface area contributed by atoms with Gasteiger partial charge in [-0.3, -0.25) is 4.68 Å². The third-order valence-corrected chi connectivity index (χ3v) is 4.69. The van der Waals surface area contributed by atoms with E-state index >= 15 is 0 Å². The van der Waals surface area contributed by atoms with E-state index in [0.29, 0.717) is 0 Å². The number of fused-ring (bicyclic) bond motifs is 2. The third kappa shape index (κ3) is 1.42. The molecule has 0 radical (unpaired) electrons. The van der Waals surface area contributed by atoms with Gasteiger partial charge in [0.2, 0.25) is 0 Å². The van der Waals surface area contributed by atoms with Crippen molar-refractivity contribution in [3.8, 4) is 0 Å². The van der Waals surface area contributed by atoms with Gasteiger partial charge in [0.05, 0.1) is 5.69 Å². The summed E-state index contributed by atoms with van der Waals surface area (Å²) >= 11 is 3.59. The standard InChI is InChI=1S/C12H18BrN3/c1-8-11(6-13)12(15(2)14-8)16-7-9-3-4-10(16)5-9/h9-10H,3-7H2,1-2H3. The molecule has 1 aliphatic carbocycles. The molecule has 88 valence electrons. The Morgan fingerprint density at radius 1 is 1.44 bits per heavy atom. The average Bonchev–Trinajstić information content (AvgIpc) is 2.91. The van der Waals surface area contributed by atoms with Crippen LogP contribution in [0.25, 0.3) is 0 Å². The van der Waals surface area contributed by atoms with Crippen LogP contribution in [-0.2, 0) is 12.4 Å². The van der Waals surface area contributed by atoms with Gasteiger partial charge in [0.15, 0.2) is 0 Å². The molecule has 2 atom stereocenters. The molecule has 2 fully saturated rings. The van der Waals surface area contributed by atoms with Gasteiger partial charge in [-0.15, -0.1) is 0 Å². The number of alkyl halides is 1. The van der Waals surface area contributed by atoms with Crippen molar-refractivity contribution in [3.05, 3.63) is 11.3 Å². The number of nitrogens with zero attached hydrogens (tertiary/aromatic N) is 3. The molecule has 0 spiro atoms. The Morgan fingerprint density at radius 2 is 2.25 bits per heavy atom. The van der Waals surface area contributed by atoms with Gasteiger partial charge in [-0.25, -0.2) is 0 Å². The van der Waals surface area contributed by atoms with Crippen LogP contribution in [0.5, 0.6) is 0 Å². The molecule has 3 rings (SSSR count). The quantitative estimate of drug-likeness (QED) is 0.778. The number of rotatable bonds is 2. The second-order valence-electron chi connectivity index (χ2n) is 5.13. The summed E-state index contributed by atoms with van der Waals surface area (Å²) in [6, 6.07) is 0.776. The van der Waals surface area contributed by atoms with Crippen LogP contribution in [0.4, 0.5) is 5.82 Å². The molecule has 1 saturated carbocycles. The maximum absolute atomic E-state index is 4.56. The molecule has 0 aromatic carbocycles. The van der Waals surface area contributed by atoms with E-state index < -0.39 is 0 Å². The molecule has 4 heteroatoms. The number of hydrogen-bond acceptors (Lipinski definition) is 2. The van der Waals surface area contributed by atoms with Crippen molar-refractivity contribution in [2.75, 3.05) is 11.4 Å². The van der Waals surface area contributed by atoms with E-state index in [-0.39, 0.29) is 0 Å². The van der Waals surface area contributed by atoms with Crippen LogP contribution < -0.4 is 4.90 Å². The van der Waals surface area contributed by atoms with Gasteiger partial charge >= 0.3 is 0 Å². The molecule has 2 unspecified atom stereocenters. The van der Waals surface area contributed by atoms with Crippen LogP contribution in [0.3, 0.4) is 0 Å². The highest BCUT2D eigenvalue weighted by molar-refractivity contribution is 9.08. The largest absolute Gasteiger partial charge is 0.353 e. The summed E-state index contributed by atoms with van der Waals surface area (Å²) in [7, 11) is 2.07. The highest BCUT2D eigenvalue weighted by Gasteiger charge is 2.39. The molecule has 0 amide bonds. The van der Waals surface area contributed by atoms with Gasteiger partial charge in [-0.05, 0) is 32.1 Å². The molecule has 2 bridgehead atoms. The fourth-order valence-corrected chi connectivity index (χ4v) is 4.05. The number of hydrogen-bond donors (Lipinski definition) is 0. The van der Waals surface area contributed by atoms with Gasteiger partial charge in [-0.2, -0.15) is 5.10 Å². The summed E-state index contributed by atoms with van der Waals surface area (Å²) in [5.41, 5.74) is 2.53. The zero-order chi connectivity index (χ0) is 11.3. The fourth-order valence-electron chi connectivity index (χ4n) is 3.39. The maximum atomic E-state index is 4.56. The van der Waals surface area contributed by atoms with Crippen molar-refractivity contribution < 1.29 is 0 Å². The molecule has 2 aliphatic rings. The van der Waals surface area contributed by atoms with Crippen LogP contribution in [-0.4, -0.2) is 22.4 Å². The lowest BCUT2D eigenvalue weighted by molar-refractivity contribution is 0.541. The Labute approximate surface area is 105 Å². The number of piperidine rings is 1. The minimum Gasteiger partial charge on any atom is -0.353 e. The summed E-state index contributed by atoms with van der Waals surface area (Å²) < 4.78 is 2.06. The molecule has 1 aromatic heterocycles. The summed E-state index contributed by atoms with van der Waals surface area (Å²) in [4.78, 5) is 2.59. The van der Waals surface area contributed by atoms with Gasteiger partial charge in [0, 0.05) is 30.5 Å². The summed E-state index contributed by atoms with van der Waals surface area (Å²) in [6.45, 7) is 3.35. The van der Waals surface area contributed by atoms with Crippen molar-refractivity contribution in [1.29, 1.82) is 0 Å². The van der Waals surface area contributed by atoms with E-state index in [9.17, 15) is 0 Å². The van der Waals surface area contributed by atoms with Gasteiger partial charge < -0.3 is 4.90 Å². The van der Waals surface area contributed by atoms with Crippen LogP contribution in [0.15, 0.2) is 0 Å². The lowest BCUT2D eigenvalue weighted by atomic mass is 10.1. The first-order valence-electron chi connectivity index (χ1n) is 6.05. The lowest BCUT2D eigenvalue weighted by Crippen LogP contribution is -2.34. The van der Waals surface area contributed by atoms with E-state index in [0.717, 1.165) is 23.0 Å². The zero-order valence-electron chi connectivity index (χ0n) is 9.91. The predicted molar refractivity (Wildman–Crippen MR) is 69.1 cm³/mol. The fraction of sp³-hybridized carbons (Fsp3) is 0.750. The van der Waals surface area contributed by atoms with Crippen molar-refractivity contribution in [1.82, 2.24) is 9.78 Å². The van der Waals surface area contributed by atoms with E-state index in [1.807, 2.05) is 0 Å². The molecular formula is C12H18BrN3. The van der Waals surface area contributed by atoms with Crippen LogP contribution in [0.2, 0.25) is 0 Å². The average molecular weight is 284 g/mol. The summed E-state index contributed by atoms with van der Waals surface area (Å²) in [5.74, 6) is 2.28. The lowest BCUT2D eigenvalue weighted by Gasteiger charge is -2.29. The predicted octanol–water partition coefficient (Wildman–Crippen LogP) is 2.61. The van der Waals surface area contributed by atoms with Crippen molar-refractivity contribution in [2.45, 2.75) is 37.6 Å². The monoisotopic (exact) mass is 283 g/mol. The summed E-state index contributed by atoms with van der Waals surface area (Å²) in [5, 5.41) is 5.47. The number of aryl methyl sites for hydroxylation is 2. The first kappa shape index (κ1) is 10.6. The van der Waals surface area contributed by atoms with Crippen LogP contribution in [0, 0.1) is 12.8 Å². The van der Waals surface area contributed by atoms with Gasteiger partial charge in [-0.1, -0.05) is 15.9 Å².